The normalized spacial score (nSPS) is 14.1. The van der Waals surface area contributed by atoms with Gasteiger partial charge in [-0.1, -0.05) is 29.3 Å². The summed E-state index contributed by atoms with van der Waals surface area (Å²) in [5.74, 6) is 1.59. The first kappa shape index (κ1) is 16.1. The Bertz CT molecular complexity index is 428. The Labute approximate surface area is 120 Å². The third kappa shape index (κ3) is 4.88. The molecule has 0 aliphatic heterocycles. The molecule has 1 amide bonds. The van der Waals surface area contributed by atoms with Crippen molar-refractivity contribution in [3.63, 3.8) is 0 Å². The number of primary amides is 1. The average molecular weight is 280 g/mol. The van der Waals surface area contributed by atoms with E-state index in [1.807, 2.05) is 18.7 Å². The molecule has 0 radical (unpaired) electrons. The zero-order chi connectivity index (χ0) is 14.5. The molecule has 1 aromatic carbocycles. The minimum Gasteiger partial charge on any atom is -0.368 e. The van der Waals surface area contributed by atoms with E-state index in [2.05, 4.69) is 37.4 Å². The van der Waals surface area contributed by atoms with Gasteiger partial charge in [0.05, 0.1) is 5.54 Å². The van der Waals surface area contributed by atoms with Gasteiger partial charge in [-0.25, -0.2) is 0 Å². The Morgan fingerprint density at radius 1 is 1.32 bits per heavy atom. The minimum absolute atomic E-state index is 0.290. The monoisotopic (exact) mass is 280 g/mol. The third-order valence-corrected chi connectivity index (χ3v) is 4.42. The molecule has 0 aliphatic carbocycles. The van der Waals surface area contributed by atoms with E-state index < -0.39 is 5.54 Å². The summed E-state index contributed by atoms with van der Waals surface area (Å²) >= 11 is 1.84. The van der Waals surface area contributed by atoms with E-state index in [0.717, 1.165) is 17.9 Å². The van der Waals surface area contributed by atoms with E-state index in [0.29, 0.717) is 0 Å². The minimum atomic E-state index is -0.602. The molecule has 4 heteroatoms. The van der Waals surface area contributed by atoms with Crippen LogP contribution < -0.4 is 11.1 Å². The number of aryl methyl sites for hydroxylation is 2. The van der Waals surface area contributed by atoms with E-state index >= 15 is 0 Å². The number of benzene rings is 1. The van der Waals surface area contributed by atoms with Gasteiger partial charge >= 0.3 is 0 Å². The summed E-state index contributed by atoms with van der Waals surface area (Å²) in [5.41, 5.74) is 8.74. The second-order valence-electron chi connectivity index (χ2n) is 5.24. The van der Waals surface area contributed by atoms with Gasteiger partial charge in [0, 0.05) is 5.75 Å². The smallest absolute Gasteiger partial charge is 0.237 e. The first-order valence-corrected chi connectivity index (χ1v) is 7.66. The van der Waals surface area contributed by atoms with Crippen LogP contribution in [-0.2, 0) is 10.5 Å². The molecular formula is C15H24N2OS. The second-order valence-corrected chi connectivity index (χ2v) is 6.35. The van der Waals surface area contributed by atoms with Gasteiger partial charge in [0.1, 0.15) is 0 Å². The number of nitrogens with one attached hydrogen (secondary N) is 1. The van der Waals surface area contributed by atoms with Crippen LogP contribution in [0.15, 0.2) is 18.2 Å². The van der Waals surface area contributed by atoms with E-state index in [9.17, 15) is 4.79 Å². The predicted octanol–water partition coefficient (Wildman–Crippen LogP) is 2.39. The van der Waals surface area contributed by atoms with Crippen molar-refractivity contribution in [2.45, 2.75) is 38.5 Å². The summed E-state index contributed by atoms with van der Waals surface area (Å²) in [6.45, 7) is 6.09. The molecule has 3 N–H and O–H groups in total. The number of thioether (sulfide) groups is 1. The van der Waals surface area contributed by atoms with Gasteiger partial charge in [-0.05, 0) is 45.6 Å². The van der Waals surface area contributed by atoms with Crippen LogP contribution in [-0.4, -0.2) is 24.2 Å². The van der Waals surface area contributed by atoms with Gasteiger partial charge in [-0.15, -0.1) is 0 Å². The first-order valence-electron chi connectivity index (χ1n) is 6.51. The van der Waals surface area contributed by atoms with Crippen molar-refractivity contribution in [1.82, 2.24) is 5.32 Å². The lowest BCUT2D eigenvalue weighted by Crippen LogP contribution is -2.51. The fourth-order valence-electron chi connectivity index (χ4n) is 1.99. The van der Waals surface area contributed by atoms with Crippen molar-refractivity contribution in [3.8, 4) is 0 Å². The Kier molecular flexibility index (Phi) is 5.88. The number of amides is 1. The van der Waals surface area contributed by atoms with Crippen LogP contribution in [0, 0.1) is 13.8 Å². The van der Waals surface area contributed by atoms with E-state index in [1.165, 1.54) is 16.7 Å². The number of hydrogen-bond acceptors (Lipinski definition) is 3. The van der Waals surface area contributed by atoms with Crippen LogP contribution in [0.4, 0.5) is 0 Å². The standard InChI is InChI=1S/C15H24N2OS/c1-11-7-12(2)9-13(8-11)10-19-6-5-15(3,17-4)14(16)18/h7-9,17H,5-6,10H2,1-4H3,(H2,16,18). The van der Waals surface area contributed by atoms with Gasteiger partial charge in [0.15, 0.2) is 0 Å². The summed E-state index contributed by atoms with van der Waals surface area (Å²) in [6, 6.07) is 6.61. The molecule has 0 saturated heterocycles. The van der Waals surface area contributed by atoms with Crippen molar-refractivity contribution in [3.05, 3.63) is 34.9 Å². The SMILES string of the molecule is CNC(C)(CCSCc1cc(C)cc(C)c1)C(N)=O. The van der Waals surface area contributed by atoms with Crippen molar-refractivity contribution >= 4 is 17.7 Å². The quantitative estimate of drug-likeness (QED) is 0.754. The molecule has 19 heavy (non-hydrogen) atoms. The molecule has 0 bridgehead atoms. The highest BCUT2D eigenvalue weighted by molar-refractivity contribution is 7.98. The van der Waals surface area contributed by atoms with Gasteiger partial charge in [-0.2, -0.15) is 11.8 Å². The van der Waals surface area contributed by atoms with Crippen molar-refractivity contribution in [2.75, 3.05) is 12.8 Å². The number of rotatable bonds is 7. The maximum atomic E-state index is 11.4. The summed E-state index contributed by atoms with van der Waals surface area (Å²) in [6.07, 6.45) is 0.744. The molecule has 0 saturated carbocycles. The van der Waals surface area contributed by atoms with Gasteiger partial charge in [-0.3, -0.25) is 4.79 Å². The van der Waals surface area contributed by atoms with Crippen LogP contribution in [0.2, 0.25) is 0 Å². The van der Waals surface area contributed by atoms with Gasteiger partial charge < -0.3 is 11.1 Å². The summed E-state index contributed by atoms with van der Waals surface area (Å²) < 4.78 is 0. The molecule has 0 heterocycles. The van der Waals surface area contributed by atoms with E-state index in [1.54, 1.807) is 7.05 Å². The van der Waals surface area contributed by atoms with Crippen molar-refractivity contribution in [1.29, 1.82) is 0 Å². The predicted molar refractivity (Wildman–Crippen MR) is 83.4 cm³/mol. The fraction of sp³-hybridized carbons (Fsp3) is 0.533. The highest BCUT2D eigenvalue weighted by Crippen LogP contribution is 2.19. The molecule has 1 unspecified atom stereocenters. The van der Waals surface area contributed by atoms with Crippen LogP contribution in [0.5, 0.6) is 0 Å². The molecular weight excluding hydrogens is 256 g/mol. The van der Waals surface area contributed by atoms with Gasteiger partial charge in [0.25, 0.3) is 0 Å². The molecule has 0 aromatic heterocycles. The average Bonchev–Trinajstić information content (AvgIpc) is 2.33. The fourth-order valence-corrected chi connectivity index (χ4v) is 3.09. The highest BCUT2D eigenvalue weighted by Gasteiger charge is 2.27. The number of carbonyl (C=O) groups is 1. The zero-order valence-corrected chi connectivity index (χ0v) is 13.1. The second kappa shape index (κ2) is 6.96. The van der Waals surface area contributed by atoms with E-state index in [-0.39, 0.29) is 5.91 Å². The number of likely N-dealkylation sites (N-methyl/N-ethyl adjacent to an activating group) is 1. The number of nitrogens with two attached hydrogens (primary N) is 1. The van der Waals surface area contributed by atoms with Crippen LogP contribution in [0.3, 0.4) is 0 Å². The molecule has 1 aromatic rings. The Morgan fingerprint density at radius 3 is 2.37 bits per heavy atom. The Hall–Kier alpha value is -1.00. The lowest BCUT2D eigenvalue weighted by molar-refractivity contribution is -0.123. The highest BCUT2D eigenvalue weighted by atomic mass is 32.2. The Balaban J connectivity index is 2.44. The number of hydrogen-bond donors (Lipinski definition) is 2. The lowest BCUT2D eigenvalue weighted by Gasteiger charge is -2.25. The summed E-state index contributed by atoms with van der Waals surface area (Å²) in [4.78, 5) is 11.4. The molecule has 106 valence electrons. The first-order chi connectivity index (χ1) is 8.87. The molecule has 0 spiro atoms. The zero-order valence-electron chi connectivity index (χ0n) is 12.2. The maximum absolute atomic E-state index is 11.4. The van der Waals surface area contributed by atoms with Crippen LogP contribution >= 0.6 is 11.8 Å². The number of carbonyl (C=O) groups excluding carboxylic acids is 1. The molecule has 3 nitrogen and oxygen atoms in total. The van der Waals surface area contributed by atoms with Crippen LogP contribution in [0.25, 0.3) is 0 Å². The lowest BCUT2D eigenvalue weighted by atomic mass is 9.99. The van der Waals surface area contributed by atoms with Crippen molar-refractivity contribution in [2.24, 2.45) is 5.73 Å². The van der Waals surface area contributed by atoms with Gasteiger partial charge in [0.2, 0.25) is 5.91 Å². The molecule has 0 fully saturated rings. The summed E-state index contributed by atoms with van der Waals surface area (Å²) in [7, 11) is 1.78. The summed E-state index contributed by atoms with van der Waals surface area (Å²) in [5, 5.41) is 3.01. The largest absolute Gasteiger partial charge is 0.368 e. The molecule has 1 atom stereocenters. The van der Waals surface area contributed by atoms with E-state index in [4.69, 9.17) is 5.73 Å². The van der Waals surface area contributed by atoms with Crippen LogP contribution in [0.1, 0.15) is 30.0 Å². The topological polar surface area (TPSA) is 55.1 Å². The Morgan fingerprint density at radius 2 is 1.89 bits per heavy atom. The van der Waals surface area contributed by atoms with Crippen molar-refractivity contribution < 1.29 is 4.79 Å². The maximum Gasteiger partial charge on any atom is 0.237 e. The molecule has 1 rings (SSSR count). The third-order valence-electron chi connectivity index (χ3n) is 3.39. The molecule has 0 aliphatic rings.